The maximum Gasteiger partial charge on any atom is 0.233 e. The highest BCUT2D eigenvalue weighted by atomic mass is 32.2. The zero-order chi connectivity index (χ0) is 21.1. The highest BCUT2D eigenvalue weighted by molar-refractivity contribution is 8.00. The van der Waals surface area contributed by atoms with E-state index in [-0.39, 0.29) is 11.2 Å². The lowest BCUT2D eigenvalue weighted by atomic mass is 10.1. The Labute approximate surface area is 179 Å². The maximum absolute atomic E-state index is 12.4. The first kappa shape index (κ1) is 20.0. The Bertz CT molecular complexity index is 1210. The normalized spacial score (nSPS) is 12.1. The number of fused-ring (bicyclic) bond motifs is 1. The van der Waals surface area contributed by atoms with Gasteiger partial charge in [-0.25, -0.2) is 0 Å². The summed E-state index contributed by atoms with van der Waals surface area (Å²) in [5.74, 6) is 0.677. The summed E-state index contributed by atoms with van der Waals surface area (Å²) >= 11 is 1.39. The Morgan fingerprint density at radius 2 is 2.00 bits per heavy atom. The van der Waals surface area contributed by atoms with E-state index in [4.69, 9.17) is 0 Å². The number of hydrogen-bond donors (Lipinski definition) is 2. The summed E-state index contributed by atoms with van der Waals surface area (Å²) in [4.78, 5) is 15.7. The van der Waals surface area contributed by atoms with Gasteiger partial charge in [0.05, 0.1) is 10.9 Å². The molecule has 0 bridgehead atoms. The van der Waals surface area contributed by atoms with Crippen molar-refractivity contribution in [3.05, 3.63) is 72.9 Å². The van der Waals surface area contributed by atoms with E-state index in [1.54, 1.807) is 6.08 Å². The Balaban J connectivity index is 1.81. The van der Waals surface area contributed by atoms with Crippen molar-refractivity contribution in [1.29, 1.82) is 0 Å². The molecular formula is C23H23N5OS. The topological polar surface area (TPSA) is 75.6 Å². The fourth-order valence-corrected chi connectivity index (χ4v) is 4.22. The standard InChI is InChI=1S/C23H23N5OS/c1-4-13-24-22(29)16(3)30-23-27-26-21(28(23)20-12-8-5-9-15(20)2)18-14-25-19-11-7-6-10-17(18)19/h4-12,14,16,25H,1,13H2,2-3H3,(H,24,29). The number of aromatic amines is 1. The summed E-state index contributed by atoms with van der Waals surface area (Å²) in [6.45, 7) is 8.01. The first-order valence-corrected chi connectivity index (χ1v) is 10.6. The fourth-order valence-electron chi connectivity index (χ4n) is 3.34. The number of hydrogen-bond acceptors (Lipinski definition) is 4. The Morgan fingerprint density at radius 3 is 2.80 bits per heavy atom. The molecule has 0 spiro atoms. The van der Waals surface area contributed by atoms with Crippen LogP contribution in [0.25, 0.3) is 28.0 Å². The van der Waals surface area contributed by atoms with Crippen LogP contribution >= 0.6 is 11.8 Å². The molecule has 0 radical (unpaired) electrons. The number of para-hydroxylation sites is 2. The minimum atomic E-state index is -0.326. The summed E-state index contributed by atoms with van der Waals surface area (Å²) in [5, 5.41) is 13.3. The number of carbonyl (C=O) groups excluding carboxylic acids is 1. The minimum absolute atomic E-state index is 0.0622. The van der Waals surface area contributed by atoms with E-state index in [2.05, 4.69) is 46.1 Å². The minimum Gasteiger partial charge on any atom is -0.360 e. The van der Waals surface area contributed by atoms with E-state index < -0.39 is 0 Å². The van der Waals surface area contributed by atoms with Crippen molar-refractivity contribution in [1.82, 2.24) is 25.1 Å². The van der Waals surface area contributed by atoms with Gasteiger partial charge in [-0.1, -0.05) is 54.2 Å². The highest BCUT2D eigenvalue weighted by Crippen LogP contribution is 2.34. The van der Waals surface area contributed by atoms with Gasteiger partial charge in [0, 0.05) is 29.2 Å². The number of aromatic nitrogens is 4. The molecule has 0 saturated carbocycles. The number of amides is 1. The van der Waals surface area contributed by atoms with E-state index >= 15 is 0 Å². The van der Waals surface area contributed by atoms with Crippen molar-refractivity contribution in [2.24, 2.45) is 0 Å². The van der Waals surface area contributed by atoms with Gasteiger partial charge in [-0.15, -0.1) is 16.8 Å². The molecule has 6 nitrogen and oxygen atoms in total. The molecule has 0 aliphatic carbocycles. The van der Waals surface area contributed by atoms with Crippen LogP contribution in [0.2, 0.25) is 0 Å². The van der Waals surface area contributed by atoms with E-state index in [0.717, 1.165) is 33.5 Å². The molecule has 152 valence electrons. The first-order chi connectivity index (χ1) is 14.6. The van der Waals surface area contributed by atoms with Crippen LogP contribution in [0.15, 0.2) is 72.5 Å². The molecule has 4 aromatic rings. The monoisotopic (exact) mass is 417 g/mol. The summed E-state index contributed by atoms with van der Waals surface area (Å²) in [6, 6.07) is 16.2. The fraction of sp³-hybridized carbons (Fsp3) is 0.174. The SMILES string of the molecule is C=CCNC(=O)C(C)Sc1nnc(-c2c[nH]c3ccccc23)n1-c1ccccc1C. The van der Waals surface area contributed by atoms with E-state index in [1.807, 2.05) is 54.1 Å². The number of aryl methyl sites for hydroxylation is 1. The summed E-state index contributed by atoms with van der Waals surface area (Å²) in [5.41, 5.74) is 4.10. The van der Waals surface area contributed by atoms with Gasteiger partial charge < -0.3 is 10.3 Å². The molecule has 0 saturated heterocycles. The first-order valence-electron chi connectivity index (χ1n) is 9.73. The van der Waals surface area contributed by atoms with Crippen LogP contribution in [0.1, 0.15) is 12.5 Å². The lowest BCUT2D eigenvalue weighted by Crippen LogP contribution is -2.31. The number of nitrogens with one attached hydrogen (secondary N) is 2. The van der Waals surface area contributed by atoms with Crippen molar-refractivity contribution in [2.45, 2.75) is 24.3 Å². The lowest BCUT2D eigenvalue weighted by Gasteiger charge is -2.15. The predicted octanol–water partition coefficient (Wildman–Crippen LogP) is 4.51. The van der Waals surface area contributed by atoms with Gasteiger partial charge in [-0.05, 0) is 31.5 Å². The van der Waals surface area contributed by atoms with Crippen LogP contribution in [-0.4, -0.2) is 37.5 Å². The largest absolute Gasteiger partial charge is 0.360 e. The molecule has 30 heavy (non-hydrogen) atoms. The number of H-pyrrole nitrogens is 1. The van der Waals surface area contributed by atoms with Crippen molar-refractivity contribution in [2.75, 3.05) is 6.54 Å². The van der Waals surface area contributed by atoms with Crippen molar-refractivity contribution >= 4 is 28.6 Å². The summed E-state index contributed by atoms with van der Waals surface area (Å²) in [7, 11) is 0. The molecule has 0 aliphatic heterocycles. The maximum atomic E-state index is 12.4. The van der Waals surface area contributed by atoms with Crippen LogP contribution in [0.4, 0.5) is 0 Å². The van der Waals surface area contributed by atoms with E-state index in [1.165, 1.54) is 11.8 Å². The number of rotatable bonds is 7. The van der Waals surface area contributed by atoms with Gasteiger partial charge in [0.2, 0.25) is 5.91 Å². The molecule has 7 heteroatoms. The third-order valence-corrected chi connectivity index (χ3v) is 5.93. The Hall–Kier alpha value is -3.32. The molecule has 2 heterocycles. The zero-order valence-electron chi connectivity index (χ0n) is 16.9. The van der Waals surface area contributed by atoms with Gasteiger partial charge in [0.15, 0.2) is 11.0 Å². The van der Waals surface area contributed by atoms with Gasteiger partial charge in [0.1, 0.15) is 0 Å². The third-order valence-electron chi connectivity index (χ3n) is 4.89. The zero-order valence-corrected chi connectivity index (χ0v) is 17.7. The molecule has 0 aliphatic rings. The molecule has 2 aromatic heterocycles. The summed E-state index contributed by atoms with van der Waals surface area (Å²) in [6.07, 6.45) is 3.62. The van der Waals surface area contributed by atoms with E-state index in [9.17, 15) is 4.79 Å². The molecule has 0 fully saturated rings. The average molecular weight is 418 g/mol. The van der Waals surface area contributed by atoms with Crippen molar-refractivity contribution in [3.8, 4) is 17.1 Å². The van der Waals surface area contributed by atoms with Gasteiger partial charge in [0.25, 0.3) is 0 Å². The molecule has 2 N–H and O–H groups in total. The van der Waals surface area contributed by atoms with Gasteiger partial charge >= 0.3 is 0 Å². The van der Waals surface area contributed by atoms with Crippen molar-refractivity contribution in [3.63, 3.8) is 0 Å². The van der Waals surface area contributed by atoms with Gasteiger partial charge in [-0.2, -0.15) is 0 Å². The Morgan fingerprint density at radius 1 is 1.23 bits per heavy atom. The van der Waals surface area contributed by atoms with Gasteiger partial charge in [-0.3, -0.25) is 9.36 Å². The quantitative estimate of drug-likeness (QED) is 0.343. The smallest absolute Gasteiger partial charge is 0.233 e. The number of nitrogens with zero attached hydrogens (tertiary/aromatic N) is 3. The Kier molecular flexibility index (Phi) is 5.72. The third kappa shape index (κ3) is 3.76. The van der Waals surface area contributed by atoms with Crippen LogP contribution in [0, 0.1) is 6.92 Å². The summed E-state index contributed by atoms with van der Waals surface area (Å²) < 4.78 is 2.03. The average Bonchev–Trinajstić information content (AvgIpc) is 3.36. The van der Waals surface area contributed by atoms with Crippen LogP contribution < -0.4 is 5.32 Å². The highest BCUT2D eigenvalue weighted by Gasteiger charge is 2.23. The number of benzene rings is 2. The predicted molar refractivity (Wildman–Crippen MR) is 122 cm³/mol. The molecular weight excluding hydrogens is 394 g/mol. The molecule has 2 aromatic carbocycles. The molecule has 1 amide bonds. The number of carbonyl (C=O) groups is 1. The second kappa shape index (κ2) is 8.59. The molecule has 1 atom stereocenters. The molecule has 1 unspecified atom stereocenters. The number of thioether (sulfide) groups is 1. The van der Waals surface area contributed by atoms with Crippen molar-refractivity contribution < 1.29 is 4.79 Å². The van der Waals surface area contributed by atoms with Crippen LogP contribution in [-0.2, 0) is 4.79 Å². The lowest BCUT2D eigenvalue weighted by molar-refractivity contribution is -0.120. The molecule has 4 rings (SSSR count). The van der Waals surface area contributed by atoms with Crippen LogP contribution in [0.5, 0.6) is 0 Å². The van der Waals surface area contributed by atoms with Crippen LogP contribution in [0.3, 0.4) is 0 Å². The second-order valence-electron chi connectivity index (χ2n) is 6.97. The van der Waals surface area contributed by atoms with E-state index in [0.29, 0.717) is 11.7 Å². The second-order valence-corrected chi connectivity index (χ2v) is 8.28.